The number of benzene rings is 4. The van der Waals surface area contributed by atoms with Crippen LogP contribution in [0.4, 0.5) is 0 Å². The van der Waals surface area contributed by atoms with Crippen molar-refractivity contribution >= 4 is 11.9 Å². The Balaban J connectivity index is 1.35. The van der Waals surface area contributed by atoms with Crippen LogP contribution in [0.1, 0.15) is 59.7 Å². The first-order valence-electron chi connectivity index (χ1n) is 15.5. The zero-order valence-corrected chi connectivity index (χ0v) is 25.9. The molecule has 0 unspecified atom stereocenters. The predicted octanol–water partition coefficient (Wildman–Crippen LogP) is 7.89. The molecule has 0 atom stereocenters. The molecule has 0 saturated heterocycles. The zero-order valence-electron chi connectivity index (χ0n) is 25.9. The second-order valence-corrected chi connectivity index (χ2v) is 10.8. The van der Waals surface area contributed by atoms with Crippen molar-refractivity contribution in [2.45, 2.75) is 52.2 Å². The number of ether oxygens (including phenoxy) is 3. The molecule has 0 fully saturated rings. The number of hydrogen-bond donors (Lipinski definition) is 0. The molecular formula is C38H43NO5. The SMILES string of the molecule is CCOC(=O)CCCCCN(CCc1ccccc1OCc1ccc(-c2ccccc2)cc1)Cc1ccc(C(=O)OC)cc1. The molecule has 0 spiro atoms. The van der Waals surface area contributed by atoms with E-state index in [1.165, 1.54) is 23.8 Å². The fraction of sp³-hybridized carbons (Fsp3) is 0.316. The van der Waals surface area contributed by atoms with Crippen LogP contribution in [-0.2, 0) is 33.8 Å². The van der Waals surface area contributed by atoms with Crippen LogP contribution in [0.25, 0.3) is 11.1 Å². The van der Waals surface area contributed by atoms with Crippen molar-refractivity contribution in [1.29, 1.82) is 0 Å². The van der Waals surface area contributed by atoms with Crippen molar-refractivity contribution in [3.8, 4) is 16.9 Å². The first kappa shape index (κ1) is 32.5. The number of esters is 2. The summed E-state index contributed by atoms with van der Waals surface area (Å²) in [6.45, 7) is 5.27. The molecule has 4 aromatic carbocycles. The van der Waals surface area contributed by atoms with Crippen molar-refractivity contribution in [1.82, 2.24) is 4.90 Å². The highest BCUT2D eigenvalue weighted by Crippen LogP contribution is 2.23. The third kappa shape index (κ3) is 10.4. The molecule has 0 N–H and O–H groups in total. The highest BCUT2D eigenvalue weighted by molar-refractivity contribution is 5.89. The van der Waals surface area contributed by atoms with E-state index in [-0.39, 0.29) is 11.9 Å². The number of carbonyl (C=O) groups is 2. The highest BCUT2D eigenvalue weighted by atomic mass is 16.5. The lowest BCUT2D eigenvalue weighted by atomic mass is 10.0. The van der Waals surface area contributed by atoms with Crippen LogP contribution in [0.3, 0.4) is 0 Å². The number of para-hydroxylation sites is 1. The molecule has 4 aromatic rings. The van der Waals surface area contributed by atoms with E-state index in [0.717, 1.165) is 62.2 Å². The molecule has 0 heterocycles. The molecule has 0 saturated carbocycles. The van der Waals surface area contributed by atoms with Crippen molar-refractivity contribution in [3.63, 3.8) is 0 Å². The van der Waals surface area contributed by atoms with E-state index in [0.29, 0.717) is 25.2 Å². The second-order valence-electron chi connectivity index (χ2n) is 10.8. The predicted molar refractivity (Wildman–Crippen MR) is 175 cm³/mol. The maximum absolute atomic E-state index is 11.9. The van der Waals surface area contributed by atoms with Gasteiger partial charge in [-0.25, -0.2) is 4.79 Å². The van der Waals surface area contributed by atoms with Gasteiger partial charge in [0.1, 0.15) is 12.4 Å². The van der Waals surface area contributed by atoms with Gasteiger partial charge < -0.3 is 14.2 Å². The quantitative estimate of drug-likeness (QED) is 0.0917. The Morgan fingerprint density at radius 2 is 1.39 bits per heavy atom. The van der Waals surface area contributed by atoms with Gasteiger partial charge in [0.15, 0.2) is 0 Å². The number of rotatable bonds is 17. The average Bonchev–Trinajstić information content (AvgIpc) is 3.07. The Hall–Kier alpha value is -4.42. The minimum atomic E-state index is -0.334. The Labute approximate surface area is 261 Å². The van der Waals surface area contributed by atoms with Gasteiger partial charge in [-0.05, 0) is 78.7 Å². The Morgan fingerprint density at radius 3 is 2.11 bits per heavy atom. The van der Waals surface area contributed by atoms with Crippen molar-refractivity contribution in [2.75, 3.05) is 26.8 Å². The lowest BCUT2D eigenvalue weighted by Gasteiger charge is -2.23. The number of hydrogen-bond acceptors (Lipinski definition) is 6. The lowest BCUT2D eigenvalue weighted by molar-refractivity contribution is -0.143. The zero-order chi connectivity index (χ0) is 31.0. The largest absolute Gasteiger partial charge is 0.489 e. The maximum atomic E-state index is 11.9. The normalized spacial score (nSPS) is 10.9. The van der Waals surface area contributed by atoms with E-state index in [2.05, 4.69) is 65.6 Å². The first-order chi connectivity index (χ1) is 21.6. The van der Waals surface area contributed by atoms with E-state index in [1.807, 2.05) is 49.4 Å². The minimum absolute atomic E-state index is 0.126. The lowest BCUT2D eigenvalue weighted by Crippen LogP contribution is -2.27. The Morgan fingerprint density at radius 1 is 0.705 bits per heavy atom. The molecular weight excluding hydrogens is 550 g/mol. The monoisotopic (exact) mass is 593 g/mol. The fourth-order valence-corrected chi connectivity index (χ4v) is 5.12. The molecule has 0 bridgehead atoms. The number of unbranched alkanes of at least 4 members (excludes halogenated alkanes) is 2. The van der Waals surface area contributed by atoms with Gasteiger partial charge in [-0.1, -0.05) is 91.3 Å². The summed E-state index contributed by atoms with van der Waals surface area (Å²) in [5.41, 5.74) is 6.36. The molecule has 230 valence electrons. The Bertz CT molecular complexity index is 1430. The number of methoxy groups -OCH3 is 1. The third-order valence-electron chi connectivity index (χ3n) is 7.57. The number of carbonyl (C=O) groups excluding carboxylic acids is 2. The summed E-state index contributed by atoms with van der Waals surface area (Å²) in [5, 5.41) is 0. The van der Waals surface area contributed by atoms with Crippen LogP contribution in [0.15, 0.2) is 103 Å². The van der Waals surface area contributed by atoms with E-state index in [9.17, 15) is 9.59 Å². The van der Waals surface area contributed by atoms with E-state index in [4.69, 9.17) is 14.2 Å². The van der Waals surface area contributed by atoms with Crippen LogP contribution in [0.5, 0.6) is 5.75 Å². The average molecular weight is 594 g/mol. The summed E-state index contributed by atoms with van der Waals surface area (Å²) in [7, 11) is 1.39. The fourth-order valence-electron chi connectivity index (χ4n) is 5.12. The molecule has 4 rings (SSSR count). The van der Waals surface area contributed by atoms with Gasteiger partial charge in [0, 0.05) is 19.5 Å². The van der Waals surface area contributed by atoms with Gasteiger partial charge >= 0.3 is 11.9 Å². The molecule has 44 heavy (non-hydrogen) atoms. The summed E-state index contributed by atoms with van der Waals surface area (Å²) in [6.07, 6.45) is 4.06. The minimum Gasteiger partial charge on any atom is -0.489 e. The van der Waals surface area contributed by atoms with Crippen molar-refractivity contribution in [2.24, 2.45) is 0 Å². The number of nitrogens with zero attached hydrogens (tertiary/aromatic N) is 1. The third-order valence-corrected chi connectivity index (χ3v) is 7.57. The highest BCUT2D eigenvalue weighted by Gasteiger charge is 2.12. The maximum Gasteiger partial charge on any atom is 0.337 e. The summed E-state index contributed by atoms with van der Waals surface area (Å²) >= 11 is 0. The summed E-state index contributed by atoms with van der Waals surface area (Å²) in [4.78, 5) is 26.0. The van der Waals surface area contributed by atoms with Gasteiger partial charge in [0.05, 0.1) is 19.3 Å². The van der Waals surface area contributed by atoms with Gasteiger partial charge in [0.25, 0.3) is 0 Å². The molecule has 0 aliphatic carbocycles. The molecule has 0 radical (unpaired) electrons. The van der Waals surface area contributed by atoms with Crippen LogP contribution in [0.2, 0.25) is 0 Å². The van der Waals surface area contributed by atoms with E-state index >= 15 is 0 Å². The molecule has 0 aromatic heterocycles. The Kier molecular flexibility index (Phi) is 13.0. The second kappa shape index (κ2) is 17.6. The van der Waals surface area contributed by atoms with E-state index < -0.39 is 0 Å². The van der Waals surface area contributed by atoms with Crippen molar-refractivity contribution < 1.29 is 23.8 Å². The van der Waals surface area contributed by atoms with Crippen LogP contribution in [0, 0.1) is 0 Å². The first-order valence-corrected chi connectivity index (χ1v) is 15.5. The molecule has 0 amide bonds. The summed E-state index contributed by atoms with van der Waals surface area (Å²) in [6, 6.07) is 34.7. The smallest absolute Gasteiger partial charge is 0.337 e. The molecule has 6 nitrogen and oxygen atoms in total. The van der Waals surface area contributed by atoms with E-state index in [1.54, 1.807) is 0 Å². The van der Waals surface area contributed by atoms with Crippen LogP contribution >= 0.6 is 0 Å². The van der Waals surface area contributed by atoms with Crippen molar-refractivity contribution in [3.05, 3.63) is 125 Å². The summed E-state index contributed by atoms with van der Waals surface area (Å²) in [5.74, 6) is 0.439. The van der Waals surface area contributed by atoms with Crippen LogP contribution < -0.4 is 4.74 Å². The van der Waals surface area contributed by atoms with Crippen LogP contribution in [-0.4, -0.2) is 43.6 Å². The summed E-state index contributed by atoms with van der Waals surface area (Å²) < 4.78 is 16.2. The molecule has 0 aliphatic heterocycles. The van der Waals surface area contributed by atoms with Gasteiger partial charge in [-0.3, -0.25) is 9.69 Å². The van der Waals surface area contributed by atoms with Gasteiger partial charge in [-0.2, -0.15) is 0 Å². The van der Waals surface area contributed by atoms with Gasteiger partial charge in [0.2, 0.25) is 0 Å². The van der Waals surface area contributed by atoms with Gasteiger partial charge in [-0.15, -0.1) is 0 Å². The molecule has 0 aliphatic rings. The molecule has 6 heteroatoms. The topological polar surface area (TPSA) is 65.1 Å². The standard InChI is InChI=1S/C38H43NO5/c1-3-43-37(40)16-8-5-11-26-39(28-30-17-23-35(24-18-30)38(41)42-2)27-25-34-14-9-10-15-36(34)44-29-31-19-21-33(22-20-31)32-12-6-4-7-13-32/h4,6-7,9-10,12-15,17-24H,3,5,8,11,16,25-29H2,1-2H3.